The smallest absolute Gasteiger partial charge is 0.338 e. The van der Waals surface area contributed by atoms with Gasteiger partial charge in [-0.05, 0) is 37.3 Å². The van der Waals surface area contributed by atoms with Crippen molar-refractivity contribution >= 4 is 22.6 Å². The van der Waals surface area contributed by atoms with Gasteiger partial charge in [0.1, 0.15) is 16.5 Å². The Hall–Kier alpha value is -2.28. The van der Waals surface area contributed by atoms with Crippen LogP contribution < -0.4 is 4.72 Å². The van der Waals surface area contributed by atoms with Gasteiger partial charge in [-0.15, -0.1) is 0 Å². The molecule has 0 aliphatic carbocycles. The Kier molecular flexibility index (Phi) is 5.21. The molecule has 116 valence electrons. The van der Waals surface area contributed by atoms with E-state index in [0.717, 1.165) is 12.1 Å². The highest BCUT2D eigenvalue weighted by Gasteiger charge is 2.16. The van der Waals surface area contributed by atoms with Gasteiger partial charge in [-0.1, -0.05) is 12.1 Å². The van der Waals surface area contributed by atoms with Gasteiger partial charge >= 0.3 is 5.97 Å². The molecular weight excluding hydrogens is 312 g/mol. The van der Waals surface area contributed by atoms with Crippen molar-refractivity contribution in [3.8, 4) is 0 Å². The maximum Gasteiger partial charge on any atom is 0.338 e. The van der Waals surface area contributed by atoms with Crippen LogP contribution in [0.1, 0.15) is 17.3 Å². The largest absolute Gasteiger partial charge is 0.462 e. The Morgan fingerprint density at radius 1 is 1.18 bits per heavy atom. The lowest BCUT2D eigenvalue weighted by molar-refractivity contribution is 0.0526. The van der Waals surface area contributed by atoms with Crippen molar-refractivity contribution in [2.45, 2.75) is 11.8 Å². The van der Waals surface area contributed by atoms with Gasteiger partial charge in [0.2, 0.25) is 0 Å². The highest BCUT2D eigenvalue weighted by Crippen LogP contribution is 2.19. The van der Waals surface area contributed by atoms with Crippen LogP contribution in [-0.2, 0) is 15.7 Å². The number of ether oxygens (including phenoxy) is 1. The second-order valence-electron chi connectivity index (χ2n) is 4.22. The van der Waals surface area contributed by atoms with Crippen LogP contribution in [0.25, 0.3) is 0 Å². The SMILES string of the molecule is CCOC(=O)c1cccc(NS(=O)c2c(F)cccc2F)c1. The lowest BCUT2D eigenvalue weighted by Gasteiger charge is -2.09. The van der Waals surface area contributed by atoms with Crippen molar-refractivity contribution in [2.75, 3.05) is 11.3 Å². The van der Waals surface area contributed by atoms with E-state index in [-0.39, 0.29) is 17.9 Å². The van der Waals surface area contributed by atoms with Crippen molar-refractivity contribution in [1.29, 1.82) is 0 Å². The molecule has 7 heteroatoms. The van der Waals surface area contributed by atoms with Crippen molar-refractivity contribution < 1.29 is 22.5 Å². The van der Waals surface area contributed by atoms with Crippen LogP contribution in [0.3, 0.4) is 0 Å². The lowest BCUT2D eigenvalue weighted by Crippen LogP contribution is -2.10. The minimum absolute atomic E-state index is 0.225. The Balaban J connectivity index is 2.22. The quantitative estimate of drug-likeness (QED) is 0.858. The number of hydrogen-bond donors (Lipinski definition) is 1. The summed E-state index contributed by atoms with van der Waals surface area (Å²) in [4.78, 5) is 11.0. The Labute approximate surface area is 128 Å². The number of benzene rings is 2. The fourth-order valence-electron chi connectivity index (χ4n) is 1.74. The number of hydrogen-bond acceptors (Lipinski definition) is 3. The molecule has 0 aliphatic rings. The Morgan fingerprint density at radius 3 is 2.45 bits per heavy atom. The number of carbonyl (C=O) groups excluding carboxylic acids is 1. The van der Waals surface area contributed by atoms with Gasteiger partial charge in [-0.25, -0.2) is 17.8 Å². The van der Waals surface area contributed by atoms with Crippen LogP contribution in [0, 0.1) is 11.6 Å². The van der Waals surface area contributed by atoms with Crippen molar-refractivity contribution in [2.24, 2.45) is 0 Å². The maximum atomic E-state index is 13.6. The molecule has 2 rings (SSSR count). The van der Waals surface area contributed by atoms with E-state index in [1.807, 2.05) is 0 Å². The molecule has 0 bridgehead atoms. The standard InChI is InChI=1S/C15H13F2NO3S/c1-2-21-15(19)10-5-3-6-11(9-10)18-22(20)14-12(16)7-4-8-13(14)17/h3-9,18H,2H2,1H3. The van der Waals surface area contributed by atoms with E-state index in [1.165, 1.54) is 24.3 Å². The zero-order valence-corrected chi connectivity index (χ0v) is 12.5. The molecule has 0 heterocycles. The zero-order valence-electron chi connectivity index (χ0n) is 11.6. The molecule has 1 unspecified atom stereocenters. The molecule has 2 aromatic carbocycles. The predicted molar refractivity (Wildman–Crippen MR) is 78.8 cm³/mol. The summed E-state index contributed by atoms with van der Waals surface area (Å²) in [5.74, 6) is -2.35. The molecule has 0 saturated carbocycles. The summed E-state index contributed by atoms with van der Waals surface area (Å²) in [5, 5.41) is 0. The molecule has 22 heavy (non-hydrogen) atoms. The third-order valence-electron chi connectivity index (χ3n) is 2.69. The third-order valence-corrected chi connectivity index (χ3v) is 3.87. The molecule has 0 saturated heterocycles. The summed E-state index contributed by atoms with van der Waals surface area (Å²) < 4.78 is 46.5. The molecule has 0 amide bonds. The van der Waals surface area contributed by atoms with Gasteiger partial charge in [-0.2, -0.15) is 0 Å². The summed E-state index contributed by atoms with van der Waals surface area (Å²) in [5.41, 5.74) is 0.532. The van der Waals surface area contributed by atoms with Crippen molar-refractivity contribution in [3.63, 3.8) is 0 Å². The first-order valence-corrected chi connectivity index (χ1v) is 7.57. The van der Waals surface area contributed by atoms with Gasteiger partial charge in [0.25, 0.3) is 0 Å². The van der Waals surface area contributed by atoms with E-state index in [9.17, 15) is 17.8 Å². The van der Waals surface area contributed by atoms with E-state index in [4.69, 9.17) is 4.74 Å². The fourth-order valence-corrected chi connectivity index (χ4v) is 2.68. The lowest BCUT2D eigenvalue weighted by atomic mass is 10.2. The molecule has 0 aromatic heterocycles. The summed E-state index contributed by atoms with van der Waals surface area (Å²) in [7, 11) is -2.13. The fraction of sp³-hybridized carbons (Fsp3) is 0.133. The Morgan fingerprint density at radius 2 is 1.82 bits per heavy atom. The minimum atomic E-state index is -2.13. The summed E-state index contributed by atoms with van der Waals surface area (Å²) in [6, 6.07) is 9.22. The summed E-state index contributed by atoms with van der Waals surface area (Å²) in [6.45, 7) is 1.90. The number of nitrogens with one attached hydrogen (secondary N) is 1. The number of esters is 1. The molecule has 1 atom stereocenters. The van der Waals surface area contributed by atoms with Crippen LogP contribution in [0.4, 0.5) is 14.5 Å². The molecular formula is C15H13F2NO3S. The highest BCUT2D eigenvalue weighted by atomic mass is 32.2. The molecule has 0 radical (unpaired) electrons. The maximum absolute atomic E-state index is 13.6. The molecule has 4 nitrogen and oxygen atoms in total. The first kappa shape index (κ1) is 16.1. The van der Waals surface area contributed by atoms with E-state index >= 15 is 0 Å². The van der Waals surface area contributed by atoms with Gasteiger partial charge in [0.05, 0.1) is 12.2 Å². The Bertz CT molecular complexity index is 701. The van der Waals surface area contributed by atoms with Gasteiger partial charge in [-0.3, -0.25) is 0 Å². The monoisotopic (exact) mass is 325 g/mol. The highest BCUT2D eigenvalue weighted by molar-refractivity contribution is 7.86. The number of rotatable bonds is 5. The second-order valence-corrected chi connectivity index (χ2v) is 5.37. The number of carbonyl (C=O) groups is 1. The molecule has 1 N–H and O–H groups in total. The van der Waals surface area contributed by atoms with Crippen LogP contribution in [0.5, 0.6) is 0 Å². The molecule has 2 aromatic rings. The van der Waals surface area contributed by atoms with Crippen LogP contribution in [0.2, 0.25) is 0 Å². The van der Waals surface area contributed by atoms with E-state index < -0.39 is 33.5 Å². The number of anilines is 1. The second kappa shape index (κ2) is 7.13. The first-order chi connectivity index (χ1) is 10.5. The average molecular weight is 325 g/mol. The molecule has 0 fully saturated rings. The van der Waals surface area contributed by atoms with E-state index in [2.05, 4.69) is 4.72 Å². The van der Waals surface area contributed by atoms with E-state index in [1.54, 1.807) is 13.0 Å². The molecule has 0 aliphatic heterocycles. The molecule has 0 spiro atoms. The van der Waals surface area contributed by atoms with Crippen molar-refractivity contribution in [1.82, 2.24) is 0 Å². The average Bonchev–Trinajstić information content (AvgIpc) is 2.47. The summed E-state index contributed by atoms with van der Waals surface area (Å²) >= 11 is 0. The van der Waals surface area contributed by atoms with E-state index in [0.29, 0.717) is 0 Å². The van der Waals surface area contributed by atoms with Gasteiger partial charge in [0.15, 0.2) is 11.0 Å². The third kappa shape index (κ3) is 3.67. The van der Waals surface area contributed by atoms with Gasteiger partial charge < -0.3 is 9.46 Å². The van der Waals surface area contributed by atoms with Crippen LogP contribution in [-0.4, -0.2) is 16.8 Å². The first-order valence-electron chi connectivity index (χ1n) is 6.42. The van der Waals surface area contributed by atoms with Gasteiger partial charge in [0, 0.05) is 5.69 Å². The number of halogens is 2. The summed E-state index contributed by atoms with van der Waals surface area (Å²) in [6.07, 6.45) is 0. The predicted octanol–water partition coefficient (Wildman–Crippen LogP) is 3.28. The topological polar surface area (TPSA) is 55.4 Å². The minimum Gasteiger partial charge on any atom is -0.462 e. The normalized spacial score (nSPS) is 11.8. The van der Waals surface area contributed by atoms with Crippen LogP contribution >= 0.6 is 0 Å². The van der Waals surface area contributed by atoms with Crippen molar-refractivity contribution in [3.05, 3.63) is 59.7 Å². The zero-order chi connectivity index (χ0) is 16.1. The van der Waals surface area contributed by atoms with Crippen LogP contribution in [0.15, 0.2) is 47.4 Å².